The highest BCUT2D eigenvalue weighted by atomic mass is 19.4. The molecule has 0 rings (SSSR count). The first-order valence-corrected chi connectivity index (χ1v) is 3.79. The number of hydrogen-bond acceptors (Lipinski definition) is 1. The summed E-state index contributed by atoms with van der Waals surface area (Å²) in [5.41, 5.74) is 0. The van der Waals surface area contributed by atoms with Crippen LogP contribution in [0.25, 0.3) is 0 Å². The second-order valence-corrected chi connectivity index (χ2v) is 2.84. The first-order chi connectivity index (χ1) is 5.80. The summed E-state index contributed by atoms with van der Waals surface area (Å²) in [5.74, 6) is -1.82. The number of amides is 1. The zero-order chi connectivity index (χ0) is 10.6. The number of carbonyl (C=O) groups is 1. The van der Waals surface area contributed by atoms with Gasteiger partial charge >= 0.3 is 12.1 Å². The summed E-state index contributed by atoms with van der Waals surface area (Å²) in [5, 5.41) is 0. The molecule has 0 radical (unpaired) electrons. The van der Waals surface area contributed by atoms with Crippen molar-refractivity contribution < 1.29 is 18.0 Å². The number of rotatable bonds is 3. The third-order valence-corrected chi connectivity index (χ3v) is 1.45. The maximum absolute atomic E-state index is 12.0. The number of hydrogen-bond donors (Lipinski definition) is 0. The highest BCUT2D eigenvalue weighted by molar-refractivity contribution is 5.82. The van der Waals surface area contributed by atoms with E-state index in [-0.39, 0.29) is 6.54 Å². The van der Waals surface area contributed by atoms with Crippen LogP contribution in [0.5, 0.6) is 0 Å². The van der Waals surface area contributed by atoms with Crippen LogP contribution in [0, 0.1) is 0 Å². The number of alkyl halides is 3. The van der Waals surface area contributed by atoms with E-state index in [1.807, 2.05) is 0 Å². The summed E-state index contributed by atoms with van der Waals surface area (Å²) in [6, 6.07) is -0.480. The molecule has 0 saturated carbocycles. The summed E-state index contributed by atoms with van der Waals surface area (Å²) in [4.78, 5) is 11.5. The van der Waals surface area contributed by atoms with Crippen molar-refractivity contribution in [1.29, 1.82) is 0 Å². The van der Waals surface area contributed by atoms with Crippen LogP contribution in [0.3, 0.4) is 0 Å². The van der Waals surface area contributed by atoms with E-state index < -0.39 is 18.1 Å². The molecular formula is C8H12F3NO. The lowest BCUT2D eigenvalue weighted by molar-refractivity contribution is -0.186. The quantitative estimate of drug-likeness (QED) is 0.630. The number of nitrogens with zero attached hydrogens (tertiary/aromatic N) is 1. The molecule has 0 aliphatic rings. The van der Waals surface area contributed by atoms with Crippen LogP contribution in [0.4, 0.5) is 13.2 Å². The molecule has 0 unspecified atom stereocenters. The van der Waals surface area contributed by atoms with Crippen molar-refractivity contribution in [3.8, 4) is 0 Å². The van der Waals surface area contributed by atoms with Gasteiger partial charge in [0.05, 0.1) is 0 Å². The van der Waals surface area contributed by atoms with Crippen molar-refractivity contribution in [2.24, 2.45) is 0 Å². The van der Waals surface area contributed by atoms with E-state index >= 15 is 0 Å². The predicted molar refractivity (Wildman–Crippen MR) is 43.1 cm³/mol. The highest BCUT2D eigenvalue weighted by Gasteiger charge is 2.42. The van der Waals surface area contributed by atoms with Crippen LogP contribution in [0.2, 0.25) is 0 Å². The van der Waals surface area contributed by atoms with Crippen molar-refractivity contribution in [2.45, 2.75) is 26.1 Å². The standard InChI is InChI=1S/C8H12F3NO/c1-4-5-12(6(2)3)7(13)8(9,10)11/h4,6H,1,5H2,2-3H3. The molecule has 0 aromatic heterocycles. The van der Waals surface area contributed by atoms with Crippen LogP contribution in [-0.4, -0.2) is 29.6 Å². The average molecular weight is 195 g/mol. The Kier molecular flexibility index (Phi) is 3.97. The molecule has 0 fully saturated rings. The fourth-order valence-electron chi connectivity index (χ4n) is 0.830. The second kappa shape index (κ2) is 4.30. The van der Waals surface area contributed by atoms with E-state index in [1.165, 1.54) is 19.9 Å². The van der Waals surface area contributed by atoms with Gasteiger partial charge in [-0.15, -0.1) is 6.58 Å². The van der Waals surface area contributed by atoms with Crippen LogP contribution in [0.1, 0.15) is 13.8 Å². The van der Waals surface area contributed by atoms with Gasteiger partial charge in [0, 0.05) is 12.6 Å². The van der Waals surface area contributed by atoms with Gasteiger partial charge in [0.2, 0.25) is 0 Å². The Morgan fingerprint density at radius 1 is 1.54 bits per heavy atom. The van der Waals surface area contributed by atoms with Crippen LogP contribution in [0.15, 0.2) is 12.7 Å². The van der Waals surface area contributed by atoms with E-state index in [9.17, 15) is 18.0 Å². The van der Waals surface area contributed by atoms with Crippen molar-refractivity contribution in [3.63, 3.8) is 0 Å². The molecule has 0 saturated heterocycles. The first-order valence-electron chi connectivity index (χ1n) is 3.79. The first kappa shape index (κ1) is 12.0. The van der Waals surface area contributed by atoms with Gasteiger partial charge in [-0.1, -0.05) is 6.08 Å². The molecular weight excluding hydrogens is 183 g/mol. The lowest BCUT2D eigenvalue weighted by atomic mass is 10.3. The molecule has 0 bridgehead atoms. The summed E-state index contributed by atoms with van der Waals surface area (Å²) in [6.45, 7) is 6.24. The lowest BCUT2D eigenvalue weighted by Gasteiger charge is -2.25. The Balaban J connectivity index is 4.56. The Morgan fingerprint density at radius 2 is 2.00 bits per heavy atom. The van der Waals surface area contributed by atoms with Gasteiger partial charge < -0.3 is 4.90 Å². The minimum Gasteiger partial charge on any atom is -0.329 e. The topological polar surface area (TPSA) is 20.3 Å². The molecule has 1 amide bonds. The summed E-state index contributed by atoms with van der Waals surface area (Å²) >= 11 is 0. The SMILES string of the molecule is C=CCN(C(=O)C(F)(F)F)C(C)C. The molecule has 0 spiro atoms. The van der Waals surface area contributed by atoms with Crippen LogP contribution >= 0.6 is 0 Å². The maximum Gasteiger partial charge on any atom is 0.471 e. The molecule has 0 atom stereocenters. The second-order valence-electron chi connectivity index (χ2n) is 2.84. The summed E-state index contributed by atoms with van der Waals surface area (Å²) < 4.78 is 35.9. The van der Waals surface area contributed by atoms with E-state index in [1.54, 1.807) is 0 Å². The third kappa shape index (κ3) is 3.48. The summed E-state index contributed by atoms with van der Waals surface area (Å²) in [7, 11) is 0. The van der Waals surface area contributed by atoms with E-state index in [2.05, 4.69) is 6.58 Å². The van der Waals surface area contributed by atoms with Gasteiger partial charge in [-0.3, -0.25) is 4.79 Å². The minimum absolute atomic E-state index is 0.0873. The fourth-order valence-corrected chi connectivity index (χ4v) is 0.830. The Hall–Kier alpha value is -1.00. The molecule has 2 nitrogen and oxygen atoms in total. The van der Waals surface area contributed by atoms with E-state index in [4.69, 9.17) is 0 Å². The lowest BCUT2D eigenvalue weighted by Crippen LogP contribution is -2.44. The average Bonchev–Trinajstić information content (AvgIpc) is 1.96. The predicted octanol–water partition coefficient (Wildman–Crippen LogP) is 1.97. The minimum atomic E-state index is -4.80. The van der Waals surface area contributed by atoms with Gasteiger partial charge in [0.1, 0.15) is 0 Å². The number of halogens is 3. The maximum atomic E-state index is 12.0. The zero-order valence-corrected chi connectivity index (χ0v) is 7.56. The smallest absolute Gasteiger partial charge is 0.329 e. The molecule has 0 aromatic rings. The normalized spacial score (nSPS) is 11.5. The zero-order valence-electron chi connectivity index (χ0n) is 7.56. The molecule has 0 aliphatic carbocycles. The largest absolute Gasteiger partial charge is 0.471 e. The molecule has 13 heavy (non-hydrogen) atoms. The van der Waals surface area contributed by atoms with Crippen molar-refractivity contribution >= 4 is 5.91 Å². The van der Waals surface area contributed by atoms with Crippen LogP contribution in [-0.2, 0) is 4.79 Å². The van der Waals surface area contributed by atoms with Gasteiger partial charge in [0.25, 0.3) is 0 Å². The van der Waals surface area contributed by atoms with Crippen molar-refractivity contribution in [1.82, 2.24) is 4.90 Å². The van der Waals surface area contributed by atoms with Crippen LogP contribution < -0.4 is 0 Å². The molecule has 0 aromatic carbocycles. The molecule has 0 N–H and O–H groups in total. The van der Waals surface area contributed by atoms with E-state index in [0.717, 1.165) is 0 Å². The van der Waals surface area contributed by atoms with Crippen molar-refractivity contribution in [2.75, 3.05) is 6.54 Å². The molecule has 0 aliphatic heterocycles. The Bertz CT molecular complexity index is 198. The van der Waals surface area contributed by atoms with Crippen molar-refractivity contribution in [3.05, 3.63) is 12.7 Å². The highest BCUT2D eigenvalue weighted by Crippen LogP contribution is 2.19. The summed E-state index contributed by atoms with van der Waals surface area (Å²) in [6.07, 6.45) is -3.53. The molecule has 0 heterocycles. The Morgan fingerprint density at radius 3 is 2.23 bits per heavy atom. The number of carbonyl (C=O) groups excluding carboxylic acids is 1. The van der Waals surface area contributed by atoms with E-state index in [0.29, 0.717) is 4.90 Å². The third-order valence-electron chi connectivity index (χ3n) is 1.45. The van der Waals surface area contributed by atoms with Gasteiger partial charge in [-0.2, -0.15) is 13.2 Å². The Labute approximate surface area is 75.0 Å². The van der Waals surface area contributed by atoms with Gasteiger partial charge in [0.15, 0.2) is 0 Å². The van der Waals surface area contributed by atoms with Gasteiger partial charge in [-0.25, -0.2) is 0 Å². The molecule has 5 heteroatoms. The van der Waals surface area contributed by atoms with Gasteiger partial charge in [-0.05, 0) is 13.8 Å². The monoisotopic (exact) mass is 195 g/mol. The molecule has 76 valence electrons. The fraction of sp³-hybridized carbons (Fsp3) is 0.625.